The third-order valence-corrected chi connectivity index (χ3v) is 8.50. The van der Waals surface area contributed by atoms with Gasteiger partial charge in [-0.05, 0) is 80.0 Å². The van der Waals surface area contributed by atoms with Gasteiger partial charge < -0.3 is 10.2 Å². The molecular formula is C20H31FO3. The fraction of sp³-hybridized carbons (Fsp3) is 0.950. The summed E-state index contributed by atoms with van der Waals surface area (Å²) in [6.07, 6.45) is 7.85. The Bertz CT molecular complexity index is 519. The van der Waals surface area contributed by atoms with Crippen LogP contribution in [0.25, 0.3) is 0 Å². The van der Waals surface area contributed by atoms with E-state index in [0.717, 1.165) is 44.9 Å². The number of Topliss-reactive ketones (excluding diaryl/α,β-unsaturated/α-hetero) is 1. The number of rotatable bonds is 2. The smallest absolute Gasteiger partial charge is 0.207 e. The van der Waals surface area contributed by atoms with E-state index in [-0.39, 0.29) is 23.7 Å². The maximum absolute atomic E-state index is 14.0. The monoisotopic (exact) mass is 338 g/mol. The van der Waals surface area contributed by atoms with Gasteiger partial charge in [0.15, 0.2) is 5.78 Å². The number of ketones is 1. The Hall–Kier alpha value is -0.480. The van der Waals surface area contributed by atoms with Crippen LogP contribution in [0.1, 0.15) is 64.7 Å². The second-order valence-corrected chi connectivity index (χ2v) is 9.40. The molecule has 8 atom stereocenters. The third kappa shape index (κ3) is 2.47. The van der Waals surface area contributed by atoms with Crippen molar-refractivity contribution in [3.05, 3.63) is 0 Å². The van der Waals surface area contributed by atoms with Crippen LogP contribution in [-0.4, -0.2) is 28.5 Å². The molecule has 4 saturated carbocycles. The predicted octanol–water partition coefficient (Wildman–Crippen LogP) is 3.47. The molecule has 0 aromatic heterocycles. The number of carbonyl (C=O) groups excluding carboxylic acids is 1. The van der Waals surface area contributed by atoms with Crippen molar-refractivity contribution in [3.63, 3.8) is 0 Å². The van der Waals surface area contributed by atoms with Crippen LogP contribution in [0.5, 0.6) is 0 Å². The number of aliphatic hydroxyl groups excluding tert-OH is 1. The van der Waals surface area contributed by atoms with Crippen LogP contribution in [0.2, 0.25) is 0 Å². The summed E-state index contributed by atoms with van der Waals surface area (Å²) < 4.78 is 14.0. The van der Waals surface area contributed by atoms with Gasteiger partial charge in [0.05, 0.1) is 0 Å². The lowest BCUT2D eigenvalue weighted by Crippen LogP contribution is -2.51. The van der Waals surface area contributed by atoms with Crippen molar-refractivity contribution in [1.82, 2.24) is 0 Å². The molecule has 4 aliphatic carbocycles. The molecule has 4 fully saturated rings. The van der Waals surface area contributed by atoms with Crippen molar-refractivity contribution in [3.8, 4) is 0 Å². The van der Waals surface area contributed by atoms with E-state index in [0.29, 0.717) is 42.4 Å². The van der Waals surface area contributed by atoms with Gasteiger partial charge in [-0.15, -0.1) is 0 Å². The summed E-state index contributed by atoms with van der Waals surface area (Å²) in [5, 5.41) is 19.1. The number of fused-ring (bicyclic) bond motifs is 5. The minimum Gasteiger partial charge on any atom is -0.389 e. The van der Waals surface area contributed by atoms with Crippen LogP contribution in [0.15, 0.2) is 0 Å². The highest BCUT2D eigenvalue weighted by molar-refractivity contribution is 5.83. The molecule has 3 nitrogen and oxygen atoms in total. The van der Waals surface area contributed by atoms with Crippen LogP contribution in [0, 0.1) is 40.9 Å². The van der Waals surface area contributed by atoms with Crippen LogP contribution < -0.4 is 0 Å². The second-order valence-electron chi connectivity index (χ2n) is 9.40. The summed E-state index contributed by atoms with van der Waals surface area (Å²) in [4.78, 5) is 12.2. The van der Waals surface area contributed by atoms with E-state index in [2.05, 4.69) is 6.92 Å². The average molecular weight is 338 g/mol. The molecule has 24 heavy (non-hydrogen) atoms. The Morgan fingerprint density at radius 2 is 1.79 bits per heavy atom. The summed E-state index contributed by atoms with van der Waals surface area (Å²) in [6, 6.07) is 0. The third-order valence-electron chi connectivity index (χ3n) is 8.50. The number of halogens is 1. The number of hydrogen-bond acceptors (Lipinski definition) is 3. The van der Waals surface area contributed by atoms with Crippen LogP contribution >= 0.6 is 0 Å². The van der Waals surface area contributed by atoms with Crippen molar-refractivity contribution in [1.29, 1.82) is 0 Å². The van der Waals surface area contributed by atoms with Crippen molar-refractivity contribution in [2.75, 3.05) is 6.61 Å². The van der Waals surface area contributed by atoms with Gasteiger partial charge in [0.25, 0.3) is 0 Å². The molecule has 0 aromatic carbocycles. The van der Waals surface area contributed by atoms with Gasteiger partial charge in [-0.3, -0.25) is 4.79 Å². The van der Waals surface area contributed by atoms with Crippen LogP contribution in [-0.2, 0) is 4.79 Å². The standard InChI is InChI=1S/C20H31FO3/c1-19-8-6-14-13-7-9-20(21,24)10-12(13)2-3-15(14)16(19)4-5-17(19)18(23)11-22/h12-17,22,24H,2-11H2,1H3/t12-,13+,14-,15-,16+,17-,19+,20-/m1/s1. The molecule has 0 spiro atoms. The molecule has 0 amide bonds. The largest absolute Gasteiger partial charge is 0.389 e. The lowest BCUT2D eigenvalue weighted by molar-refractivity contribution is -0.165. The van der Waals surface area contributed by atoms with E-state index in [1.54, 1.807) is 0 Å². The normalized spacial score (nSPS) is 53.8. The first-order valence-corrected chi connectivity index (χ1v) is 9.90. The lowest BCUT2D eigenvalue weighted by atomic mass is 9.49. The minimum absolute atomic E-state index is 0.0345. The van der Waals surface area contributed by atoms with E-state index >= 15 is 0 Å². The Labute approximate surface area is 144 Å². The zero-order valence-corrected chi connectivity index (χ0v) is 14.7. The zero-order valence-electron chi connectivity index (χ0n) is 14.7. The topological polar surface area (TPSA) is 57.5 Å². The fourth-order valence-electron chi connectivity index (χ4n) is 7.47. The summed E-state index contributed by atoms with van der Waals surface area (Å²) in [5.41, 5.74) is 0.0588. The molecule has 0 aliphatic heterocycles. The quantitative estimate of drug-likeness (QED) is 0.810. The molecule has 0 radical (unpaired) electrons. The van der Waals surface area contributed by atoms with Crippen LogP contribution in [0.4, 0.5) is 4.39 Å². The zero-order chi connectivity index (χ0) is 17.1. The van der Waals surface area contributed by atoms with E-state index in [4.69, 9.17) is 0 Å². The average Bonchev–Trinajstić information content (AvgIpc) is 2.90. The summed E-state index contributed by atoms with van der Waals surface area (Å²) in [7, 11) is 0. The summed E-state index contributed by atoms with van der Waals surface area (Å²) in [6.45, 7) is 1.97. The molecule has 0 saturated heterocycles. The molecule has 4 aliphatic rings. The molecule has 0 heterocycles. The molecule has 4 heteroatoms. The van der Waals surface area contributed by atoms with Gasteiger partial charge in [0.1, 0.15) is 6.61 Å². The van der Waals surface area contributed by atoms with E-state index < -0.39 is 5.85 Å². The molecule has 4 rings (SSSR count). The fourth-order valence-corrected chi connectivity index (χ4v) is 7.47. The molecule has 0 bridgehead atoms. The lowest BCUT2D eigenvalue weighted by Gasteiger charge is -2.56. The highest BCUT2D eigenvalue weighted by Gasteiger charge is 2.58. The Morgan fingerprint density at radius 1 is 1.04 bits per heavy atom. The minimum atomic E-state index is -1.94. The molecule has 0 aromatic rings. The highest BCUT2D eigenvalue weighted by atomic mass is 19.2. The predicted molar refractivity (Wildman–Crippen MR) is 88.8 cm³/mol. The van der Waals surface area contributed by atoms with Crippen molar-refractivity contribution >= 4 is 5.78 Å². The Morgan fingerprint density at radius 3 is 2.54 bits per heavy atom. The van der Waals surface area contributed by atoms with Crippen molar-refractivity contribution < 1.29 is 19.4 Å². The van der Waals surface area contributed by atoms with Gasteiger partial charge in [-0.25, -0.2) is 4.39 Å². The van der Waals surface area contributed by atoms with Crippen molar-refractivity contribution in [2.45, 2.75) is 70.6 Å². The molecular weight excluding hydrogens is 307 g/mol. The summed E-state index contributed by atoms with van der Waals surface area (Å²) >= 11 is 0. The van der Waals surface area contributed by atoms with Gasteiger partial charge in [0.2, 0.25) is 5.85 Å². The summed E-state index contributed by atoms with van der Waals surface area (Å²) in [5.74, 6) is 0.939. The van der Waals surface area contributed by atoms with E-state index in [9.17, 15) is 19.4 Å². The van der Waals surface area contributed by atoms with Gasteiger partial charge >= 0.3 is 0 Å². The second kappa shape index (κ2) is 5.77. The maximum Gasteiger partial charge on any atom is 0.207 e. The van der Waals surface area contributed by atoms with Gasteiger partial charge in [-0.1, -0.05) is 6.92 Å². The molecule has 0 unspecified atom stereocenters. The van der Waals surface area contributed by atoms with E-state index in [1.807, 2.05) is 0 Å². The molecule has 2 N–H and O–H groups in total. The number of hydrogen-bond donors (Lipinski definition) is 2. The van der Waals surface area contributed by atoms with Crippen molar-refractivity contribution in [2.24, 2.45) is 40.9 Å². The Kier molecular flexibility index (Phi) is 4.08. The molecule has 136 valence electrons. The number of carbonyl (C=O) groups is 1. The Balaban J connectivity index is 1.54. The SMILES string of the molecule is C[C@]12CC[C@H]3[C@@H](CC[C@@H]4C[C@@](O)(F)CC[C@@H]43)[C@@H]1CC[C@@H]2C(=O)CO. The van der Waals surface area contributed by atoms with Gasteiger partial charge in [-0.2, -0.15) is 0 Å². The number of alkyl halides is 1. The van der Waals surface area contributed by atoms with Gasteiger partial charge in [0, 0.05) is 18.8 Å². The first-order chi connectivity index (χ1) is 11.4. The van der Waals surface area contributed by atoms with E-state index in [1.165, 1.54) is 0 Å². The van der Waals surface area contributed by atoms with Crippen LogP contribution in [0.3, 0.4) is 0 Å². The number of aliphatic hydroxyl groups is 2. The first-order valence-electron chi connectivity index (χ1n) is 9.90. The maximum atomic E-state index is 14.0. The highest BCUT2D eigenvalue weighted by Crippen LogP contribution is 2.64. The first kappa shape index (κ1) is 17.0.